The van der Waals surface area contributed by atoms with Gasteiger partial charge in [0, 0.05) is 23.9 Å². The molecule has 1 saturated heterocycles. The first-order chi connectivity index (χ1) is 9.20. The first-order valence-electron chi connectivity index (χ1n) is 6.41. The van der Waals surface area contributed by atoms with Crippen LogP contribution in [0.15, 0.2) is 12.1 Å². The van der Waals surface area contributed by atoms with Gasteiger partial charge in [-0.15, -0.1) is 0 Å². The molecular formula is C14H16F2N2S. The number of hydrogen-bond donors (Lipinski definition) is 1. The van der Waals surface area contributed by atoms with Crippen LogP contribution in [0.5, 0.6) is 0 Å². The molecule has 19 heavy (non-hydrogen) atoms. The second-order valence-corrected chi connectivity index (χ2v) is 6.06. The fourth-order valence-corrected chi connectivity index (χ4v) is 3.44. The van der Waals surface area contributed by atoms with E-state index < -0.39 is 11.6 Å². The average molecular weight is 282 g/mol. The summed E-state index contributed by atoms with van der Waals surface area (Å²) in [5.41, 5.74) is 0.0291. The van der Waals surface area contributed by atoms with Crippen LogP contribution in [0.3, 0.4) is 0 Å². The lowest BCUT2D eigenvalue weighted by molar-refractivity contribution is 0.527. The van der Waals surface area contributed by atoms with E-state index in [4.69, 9.17) is 5.26 Å². The summed E-state index contributed by atoms with van der Waals surface area (Å²) in [5, 5.41) is 12.3. The number of benzene rings is 1. The van der Waals surface area contributed by atoms with Gasteiger partial charge in [-0.05, 0) is 30.7 Å². The molecular weight excluding hydrogens is 266 g/mol. The minimum Gasteiger partial charge on any atom is -0.311 e. The first kappa shape index (κ1) is 14.3. The number of halogens is 2. The standard InChI is InChI=1S/C14H16F2N2S/c15-13-5-10(7-17)6-14(16)12(13)9-18-8-11-3-1-2-4-19-11/h5-6,11,18H,1-4,8-9H2. The molecule has 0 aromatic heterocycles. The van der Waals surface area contributed by atoms with Crippen LogP contribution in [0.2, 0.25) is 0 Å². The van der Waals surface area contributed by atoms with Crippen molar-refractivity contribution >= 4 is 11.8 Å². The Morgan fingerprint density at radius 3 is 2.63 bits per heavy atom. The fourth-order valence-electron chi connectivity index (χ4n) is 2.16. The summed E-state index contributed by atoms with van der Waals surface area (Å²) in [6.07, 6.45) is 3.66. The molecule has 1 unspecified atom stereocenters. The lowest BCUT2D eigenvalue weighted by atomic mass is 10.1. The molecule has 1 N–H and O–H groups in total. The summed E-state index contributed by atoms with van der Waals surface area (Å²) >= 11 is 1.92. The molecule has 1 aliphatic rings. The Bertz CT molecular complexity index is 456. The van der Waals surface area contributed by atoms with Crippen LogP contribution in [0.25, 0.3) is 0 Å². The summed E-state index contributed by atoms with van der Waals surface area (Å²) in [4.78, 5) is 0. The van der Waals surface area contributed by atoms with Crippen molar-refractivity contribution in [2.45, 2.75) is 31.1 Å². The van der Waals surface area contributed by atoms with E-state index in [0.29, 0.717) is 5.25 Å². The fraction of sp³-hybridized carbons (Fsp3) is 0.500. The Labute approximate surface area is 116 Å². The Hall–Kier alpha value is -1.12. The third-order valence-electron chi connectivity index (χ3n) is 3.22. The van der Waals surface area contributed by atoms with Crippen molar-refractivity contribution in [2.24, 2.45) is 0 Å². The molecule has 1 heterocycles. The van der Waals surface area contributed by atoms with Gasteiger partial charge in [0.25, 0.3) is 0 Å². The molecule has 0 aliphatic carbocycles. The highest BCUT2D eigenvalue weighted by molar-refractivity contribution is 7.99. The Morgan fingerprint density at radius 1 is 1.32 bits per heavy atom. The lowest BCUT2D eigenvalue weighted by Crippen LogP contribution is -2.27. The number of hydrogen-bond acceptors (Lipinski definition) is 3. The van der Waals surface area contributed by atoms with Crippen LogP contribution in [0.4, 0.5) is 8.78 Å². The van der Waals surface area contributed by atoms with E-state index in [9.17, 15) is 8.78 Å². The molecule has 0 saturated carbocycles. The van der Waals surface area contributed by atoms with E-state index in [0.717, 1.165) is 25.1 Å². The number of nitrogens with zero attached hydrogens (tertiary/aromatic N) is 1. The predicted octanol–water partition coefficient (Wildman–Crippen LogP) is 3.21. The molecule has 0 radical (unpaired) electrons. The van der Waals surface area contributed by atoms with Crippen LogP contribution in [-0.2, 0) is 6.54 Å². The van der Waals surface area contributed by atoms with Gasteiger partial charge in [0.15, 0.2) is 0 Å². The summed E-state index contributed by atoms with van der Waals surface area (Å²) in [6.45, 7) is 0.935. The van der Waals surface area contributed by atoms with Gasteiger partial charge in [-0.25, -0.2) is 8.78 Å². The monoisotopic (exact) mass is 282 g/mol. The molecule has 1 aromatic rings. The van der Waals surface area contributed by atoms with Crippen LogP contribution in [-0.4, -0.2) is 17.5 Å². The molecule has 102 valence electrons. The topological polar surface area (TPSA) is 35.8 Å². The van der Waals surface area contributed by atoms with E-state index in [1.807, 2.05) is 11.8 Å². The van der Waals surface area contributed by atoms with Crippen molar-refractivity contribution in [1.29, 1.82) is 5.26 Å². The molecule has 0 bridgehead atoms. The maximum atomic E-state index is 13.6. The van der Waals surface area contributed by atoms with Crippen LogP contribution < -0.4 is 5.32 Å². The first-order valence-corrected chi connectivity index (χ1v) is 7.46. The predicted molar refractivity (Wildman–Crippen MR) is 72.9 cm³/mol. The summed E-state index contributed by atoms with van der Waals surface area (Å²) in [6, 6.07) is 3.90. The maximum absolute atomic E-state index is 13.6. The summed E-state index contributed by atoms with van der Waals surface area (Å²) in [5.74, 6) is -0.132. The zero-order chi connectivity index (χ0) is 13.7. The second kappa shape index (κ2) is 6.88. The van der Waals surface area contributed by atoms with Crippen LogP contribution in [0.1, 0.15) is 30.4 Å². The molecule has 0 amide bonds. The molecule has 1 aromatic carbocycles. The van der Waals surface area contributed by atoms with Gasteiger partial charge >= 0.3 is 0 Å². The molecule has 1 aliphatic heterocycles. The molecule has 1 atom stereocenters. The minimum absolute atomic E-state index is 0.0137. The molecule has 2 nitrogen and oxygen atoms in total. The van der Waals surface area contributed by atoms with Gasteiger partial charge in [0.2, 0.25) is 0 Å². The van der Waals surface area contributed by atoms with Crippen molar-refractivity contribution in [3.63, 3.8) is 0 Å². The van der Waals surface area contributed by atoms with E-state index in [1.54, 1.807) is 6.07 Å². The number of rotatable bonds is 4. The molecule has 2 rings (SSSR count). The zero-order valence-corrected chi connectivity index (χ0v) is 11.4. The molecule has 1 fully saturated rings. The van der Waals surface area contributed by atoms with Crippen molar-refractivity contribution in [3.8, 4) is 6.07 Å². The highest BCUT2D eigenvalue weighted by Crippen LogP contribution is 2.24. The van der Waals surface area contributed by atoms with E-state index in [1.165, 1.54) is 18.6 Å². The van der Waals surface area contributed by atoms with E-state index in [-0.39, 0.29) is 17.7 Å². The van der Waals surface area contributed by atoms with Crippen molar-refractivity contribution < 1.29 is 8.78 Å². The third-order valence-corrected chi connectivity index (χ3v) is 4.62. The van der Waals surface area contributed by atoms with Crippen molar-refractivity contribution in [2.75, 3.05) is 12.3 Å². The van der Waals surface area contributed by atoms with Crippen LogP contribution >= 0.6 is 11.8 Å². The van der Waals surface area contributed by atoms with Gasteiger partial charge < -0.3 is 5.32 Å². The zero-order valence-electron chi connectivity index (χ0n) is 10.6. The summed E-state index contributed by atoms with van der Waals surface area (Å²) in [7, 11) is 0. The number of nitrogens with one attached hydrogen (secondary N) is 1. The third kappa shape index (κ3) is 3.92. The smallest absolute Gasteiger partial charge is 0.131 e. The lowest BCUT2D eigenvalue weighted by Gasteiger charge is -2.21. The Balaban J connectivity index is 1.90. The normalized spacial score (nSPS) is 19.1. The van der Waals surface area contributed by atoms with Gasteiger partial charge in [0.1, 0.15) is 11.6 Å². The minimum atomic E-state index is -0.652. The second-order valence-electron chi connectivity index (χ2n) is 4.65. The Morgan fingerprint density at radius 2 is 2.05 bits per heavy atom. The highest BCUT2D eigenvalue weighted by Gasteiger charge is 2.15. The van der Waals surface area contributed by atoms with E-state index >= 15 is 0 Å². The van der Waals surface area contributed by atoms with Gasteiger partial charge in [-0.1, -0.05) is 6.42 Å². The van der Waals surface area contributed by atoms with Gasteiger partial charge in [-0.3, -0.25) is 0 Å². The molecule has 5 heteroatoms. The van der Waals surface area contributed by atoms with Crippen LogP contribution in [0, 0.1) is 23.0 Å². The largest absolute Gasteiger partial charge is 0.311 e. The Kier molecular flexibility index (Phi) is 5.17. The van der Waals surface area contributed by atoms with Crippen molar-refractivity contribution in [3.05, 3.63) is 34.9 Å². The van der Waals surface area contributed by atoms with Gasteiger partial charge in [-0.2, -0.15) is 17.0 Å². The highest BCUT2D eigenvalue weighted by atomic mass is 32.2. The average Bonchev–Trinajstić information content (AvgIpc) is 2.42. The SMILES string of the molecule is N#Cc1cc(F)c(CNCC2CCCCS2)c(F)c1. The van der Waals surface area contributed by atoms with Crippen molar-refractivity contribution in [1.82, 2.24) is 5.32 Å². The number of thioether (sulfide) groups is 1. The van der Waals surface area contributed by atoms with Gasteiger partial charge in [0.05, 0.1) is 11.6 Å². The molecule has 0 spiro atoms. The quantitative estimate of drug-likeness (QED) is 0.921. The number of nitriles is 1. The summed E-state index contributed by atoms with van der Waals surface area (Å²) < 4.78 is 27.3. The maximum Gasteiger partial charge on any atom is 0.131 e. The van der Waals surface area contributed by atoms with E-state index in [2.05, 4.69) is 5.32 Å².